The molecule has 0 aliphatic heterocycles. The number of ketones is 1. The van der Waals surface area contributed by atoms with E-state index in [1.807, 2.05) is 0 Å². The Morgan fingerprint density at radius 2 is 2.00 bits per heavy atom. The second-order valence-corrected chi connectivity index (χ2v) is 3.61. The van der Waals surface area contributed by atoms with Crippen LogP contribution in [0.25, 0.3) is 0 Å². The molecule has 0 heterocycles. The number of rotatable bonds is 5. The van der Waals surface area contributed by atoms with Gasteiger partial charge in [-0.05, 0) is 24.3 Å². The first-order chi connectivity index (χ1) is 8.13. The summed E-state index contributed by atoms with van der Waals surface area (Å²) in [5.74, 6) is -0.211. The van der Waals surface area contributed by atoms with E-state index in [-0.39, 0.29) is 18.9 Å². The quantitative estimate of drug-likeness (QED) is 0.648. The van der Waals surface area contributed by atoms with Gasteiger partial charge in [0.2, 0.25) is 0 Å². The summed E-state index contributed by atoms with van der Waals surface area (Å²) in [4.78, 5) is 22.6. The highest BCUT2D eigenvalue weighted by atomic mass is 35.5. The summed E-state index contributed by atoms with van der Waals surface area (Å²) in [6.07, 6.45) is 0.799. The number of carbonyl (C=O) groups is 2. The van der Waals surface area contributed by atoms with E-state index in [4.69, 9.17) is 11.6 Å². The number of Topliss-reactive ketones (excluding diaryl/α,β-unsaturated/α-hetero) is 1. The molecule has 5 heteroatoms. The molecule has 1 aromatic carbocycles. The van der Waals surface area contributed by atoms with Crippen LogP contribution in [0.4, 0.5) is 4.79 Å². The second-order valence-electron chi connectivity index (χ2n) is 3.17. The third-order valence-corrected chi connectivity index (χ3v) is 2.14. The van der Waals surface area contributed by atoms with Crippen molar-refractivity contribution in [2.24, 2.45) is 0 Å². The van der Waals surface area contributed by atoms with Gasteiger partial charge in [-0.1, -0.05) is 24.3 Å². The van der Waals surface area contributed by atoms with Crippen molar-refractivity contribution in [1.29, 1.82) is 0 Å². The largest absolute Gasteiger partial charge is 0.445 e. The number of hydrogen-bond donors (Lipinski definition) is 1. The van der Waals surface area contributed by atoms with Gasteiger partial charge in [0.1, 0.15) is 6.61 Å². The number of hydrogen-bond acceptors (Lipinski definition) is 3. The zero-order valence-corrected chi connectivity index (χ0v) is 9.87. The van der Waals surface area contributed by atoms with Gasteiger partial charge < -0.3 is 10.1 Å². The van der Waals surface area contributed by atoms with E-state index in [2.05, 4.69) is 16.6 Å². The van der Waals surface area contributed by atoms with Gasteiger partial charge in [0.05, 0.1) is 6.54 Å². The van der Waals surface area contributed by atoms with Gasteiger partial charge in [0, 0.05) is 10.6 Å². The molecule has 0 aliphatic carbocycles. The van der Waals surface area contributed by atoms with Crippen molar-refractivity contribution in [3.63, 3.8) is 0 Å². The van der Waals surface area contributed by atoms with Gasteiger partial charge in [-0.3, -0.25) is 4.79 Å². The minimum Gasteiger partial charge on any atom is -0.445 e. The zero-order valence-electron chi connectivity index (χ0n) is 9.11. The predicted octanol–water partition coefficient (Wildman–Crippen LogP) is 2.43. The maximum absolute atomic E-state index is 11.6. The zero-order chi connectivity index (χ0) is 12.7. The lowest BCUT2D eigenvalue weighted by Crippen LogP contribution is -2.30. The van der Waals surface area contributed by atoms with Crippen molar-refractivity contribution < 1.29 is 14.3 Å². The number of amides is 1. The van der Waals surface area contributed by atoms with Crippen molar-refractivity contribution >= 4 is 23.5 Å². The third-order valence-electron chi connectivity index (χ3n) is 1.89. The van der Waals surface area contributed by atoms with E-state index in [1.165, 1.54) is 6.08 Å². The van der Waals surface area contributed by atoms with Crippen molar-refractivity contribution in [1.82, 2.24) is 5.32 Å². The molecule has 17 heavy (non-hydrogen) atoms. The Hall–Kier alpha value is -1.81. The molecular weight excluding hydrogens is 242 g/mol. The number of carbonyl (C=O) groups excluding carboxylic acids is 2. The summed E-state index contributed by atoms with van der Waals surface area (Å²) in [5.41, 5.74) is 0.485. The fraction of sp³-hybridized carbons (Fsp3) is 0.167. The summed E-state index contributed by atoms with van der Waals surface area (Å²) in [7, 11) is 0. The van der Waals surface area contributed by atoms with Gasteiger partial charge in [0.25, 0.3) is 0 Å². The van der Waals surface area contributed by atoms with Crippen LogP contribution in [-0.4, -0.2) is 25.0 Å². The lowest BCUT2D eigenvalue weighted by atomic mass is 10.1. The van der Waals surface area contributed by atoms with E-state index in [0.717, 1.165) is 0 Å². The lowest BCUT2D eigenvalue weighted by molar-refractivity contribution is 0.0980. The minimum absolute atomic E-state index is 0.112. The van der Waals surface area contributed by atoms with Crippen LogP contribution >= 0.6 is 11.6 Å². The summed E-state index contributed by atoms with van der Waals surface area (Å²) in [6, 6.07) is 6.43. The Balaban J connectivity index is 2.42. The molecule has 0 aromatic heterocycles. The Morgan fingerprint density at radius 3 is 2.59 bits per heavy atom. The van der Waals surface area contributed by atoms with Gasteiger partial charge in [-0.15, -0.1) is 0 Å². The normalized spacial score (nSPS) is 9.47. The molecule has 1 rings (SSSR count). The smallest absolute Gasteiger partial charge is 0.407 e. The molecule has 0 radical (unpaired) electrons. The van der Waals surface area contributed by atoms with Gasteiger partial charge in [-0.25, -0.2) is 4.79 Å². The molecule has 0 atom stereocenters. The molecule has 0 spiro atoms. The lowest BCUT2D eigenvalue weighted by Gasteiger charge is -2.04. The number of benzene rings is 1. The maximum Gasteiger partial charge on any atom is 0.407 e. The predicted molar refractivity (Wildman–Crippen MR) is 65.3 cm³/mol. The third kappa shape index (κ3) is 4.70. The van der Waals surface area contributed by atoms with Crippen LogP contribution in [0.3, 0.4) is 0 Å². The van der Waals surface area contributed by atoms with Crippen LogP contribution in [0.2, 0.25) is 5.02 Å². The van der Waals surface area contributed by atoms with Crippen LogP contribution in [0, 0.1) is 0 Å². The molecule has 0 aliphatic rings. The summed E-state index contributed by atoms with van der Waals surface area (Å²) >= 11 is 5.69. The number of alkyl carbamates (subject to hydrolysis) is 1. The molecule has 1 N–H and O–H groups in total. The van der Waals surface area contributed by atoms with Crippen molar-refractivity contribution in [2.75, 3.05) is 13.2 Å². The molecule has 0 unspecified atom stereocenters. The average Bonchev–Trinajstić information content (AvgIpc) is 2.34. The van der Waals surface area contributed by atoms with E-state index in [0.29, 0.717) is 10.6 Å². The minimum atomic E-state index is -0.646. The number of halogens is 1. The Morgan fingerprint density at radius 1 is 1.35 bits per heavy atom. The molecule has 0 bridgehead atoms. The maximum atomic E-state index is 11.6. The molecule has 1 aromatic rings. The first kappa shape index (κ1) is 13.3. The second kappa shape index (κ2) is 6.70. The fourth-order valence-electron chi connectivity index (χ4n) is 1.08. The topological polar surface area (TPSA) is 55.4 Å². The molecule has 0 fully saturated rings. The summed E-state index contributed by atoms with van der Waals surface area (Å²) in [6.45, 7) is 3.40. The first-order valence-corrected chi connectivity index (χ1v) is 5.31. The average molecular weight is 254 g/mol. The SMILES string of the molecule is C=CCOC(=O)NCC(=O)c1ccc(Cl)cc1. The highest BCUT2D eigenvalue weighted by Crippen LogP contribution is 2.09. The molecule has 0 saturated carbocycles. The molecular formula is C12H12ClNO3. The van der Waals surface area contributed by atoms with Crippen molar-refractivity contribution in [3.05, 3.63) is 47.5 Å². The Bertz CT molecular complexity index is 414. The van der Waals surface area contributed by atoms with E-state index < -0.39 is 6.09 Å². The molecule has 0 saturated heterocycles. The highest BCUT2D eigenvalue weighted by Gasteiger charge is 2.08. The van der Waals surface area contributed by atoms with E-state index in [1.54, 1.807) is 24.3 Å². The van der Waals surface area contributed by atoms with Crippen molar-refractivity contribution in [2.45, 2.75) is 0 Å². The van der Waals surface area contributed by atoms with Gasteiger partial charge in [-0.2, -0.15) is 0 Å². The fourth-order valence-corrected chi connectivity index (χ4v) is 1.20. The summed E-state index contributed by atoms with van der Waals surface area (Å²) < 4.78 is 4.66. The summed E-state index contributed by atoms with van der Waals surface area (Å²) in [5, 5.41) is 2.89. The van der Waals surface area contributed by atoms with Gasteiger partial charge >= 0.3 is 6.09 Å². The van der Waals surface area contributed by atoms with Crippen LogP contribution in [0.1, 0.15) is 10.4 Å². The molecule has 1 amide bonds. The monoisotopic (exact) mass is 253 g/mol. The van der Waals surface area contributed by atoms with E-state index >= 15 is 0 Å². The standard InChI is InChI=1S/C12H12ClNO3/c1-2-7-17-12(16)14-8-11(15)9-3-5-10(13)6-4-9/h2-6H,1,7-8H2,(H,14,16). The Kier molecular flexibility index (Phi) is 5.23. The first-order valence-electron chi connectivity index (χ1n) is 4.94. The van der Waals surface area contributed by atoms with Crippen LogP contribution in [-0.2, 0) is 4.74 Å². The van der Waals surface area contributed by atoms with Crippen LogP contribution in [0.5, 0.6) is 0 Å². The van der Waals surface area contributed by atoms with Crippen molar-refractivity contribution in [3.8, 4) is 0 Å². The highest BCUT2D eigenvalue weighted by molar-refractivity contribution is 6.30. The van der Waals surface area contributed by atoms with Crippen LogP contribution in [0.15, 0.2) is 36.9 Å². The molecule has 4 nitrogen and oxygen atoms in total. The molecule has 90 valence electrons. The van der Waals surface area contributed by atoms with Crippen LogP contribution < -0.4 is 5.32 Å². The Labute approximate surface area is 104 Å². The van der Waals surface area contributed by atoms with Gasteiger partial charge in [0.15, 0.2) is 5.78 Å². The number of ether oxygens (including phenoxy) is 1. The number of nitrogens with one attached hydrogen (secondary N) is 1. The van der Waals surface area contributed by atoms with E-state index in [9.17, 15) is 9.59 Å².